The molecule has 2 rings (SSSR count). The number of carboxylic acid groups (broad SMARTS) is 1. The number of alkyl halides is 3. The topological polar surface area (TPSA) is 116 Å². The van der Waals surface area contributed by atoms with Crippen LogP contribution in [-0.2, 0) is 24.3 Å². The Bertz CT molecular complexity index is 889. The van der Waals surface area contributed by atoms with Gasteiger partial charge >= 0.3 is 12.1 Å². The number of carbonyl (C=O) groups is 2. The van der Waals surface area contributed by atoms with Gasteiger partial charge in [0.15, 0.2) is 0 Å². The van der Waals surface area contributed by atoms with Crippen LogP contribution in [0.15, 0.2) is 29.2 Å². The maximum atomic E-state index is 13.2. The first kappa shape index (κ1) is 29.7. The fourth-order valence-corrected chi connectivity index (χ4v) is 4.19. The fourth-order valence-electron chi connectivity index (χ4n) is 2.76. The summed E-state index contributed by atoms with van der Waals surface area (Å²) < 4.78 is 77.5. The lowest BCUT2D eigenvalue weighted by atomic mass is 10.3. The van der Waals surface area contributed by atoms with E-state index in [-0.39, 0.29) is 30.0 Å². The average Bonchev–Trinajstić information content (AvgIpc) is 2.76. The Morgan fingerprint density at radius 3 is 2.18 bits per heavy atom. The highest BCUT2D eigenvalue weighted by Crippen LogP contribution is 2.17. The van der Waals surface area contributed by atoms with E-state index < -0.39 is 28.0 Å². The van der Waals surface area contributed by atoms with E-state index in [1.807, 2.05) is 13.8 Å². The highest BCUT2D eigenvalue weighted by molar-refractivity contribution is 7.89. The van der Waals surface area contributed by atoms with Crippen LogP contribution in [0.4, 0.5) is 17.6 Å². The van der Waals surface area contributed by atoms with Crippen molar-refractivity contribution in [1.82, 2.24) is 14.5 Å². The minimum absolute atomic E-state index is 0.0261. The molecule has 2 N–H and O–H groups in total. The van der Waals surface area contributed by atoms with E-state index in [0.717, 1.165) is 16.4 Å². The fraction of sp³-hybridized carbons (Fsp3) is 0.600. The number of sulfonamides is 1. The molecule has 0 spiro atoms. The summed E-state index contributed by atoms with van der Waals surface area (Å²) in [6.45, 7) is 6.62. The van der Waals surface area contributed by atoms with Gasteiger partial charge in [0.05, 0.1) is 17.5 Å². The van der Waals surface area contributed by atoms with Crippen LogP contribution in [0, 0.1) is 5.82 Å². The second-order valence-corrected chi connectivity index (χ2v) is 9.44. The number of halogens is 4. The smallest absolute Gasteiger partial charge is 0.475 e. The van der Waals surface area contributed by atoms with E-state index in [2.05, 4.69) is 5.32 Å². The minimum atomic E-state index is -5.08. The Morgan fingerprint density at radius 1 is 1.18 bits per heavy atom. The number of nitrogens with zero attached hydrogens (tertiary/aromatic N) is 2. The monoisotopic (exact) mass is 515 g/mol. The Morgan fingerprint density at radius 2 is 1.71 bits per heavy atom. The average molecular weight is 516 g/mol. The Kier molecular flexibility index (Phi) is 11.9. The predicted molar refractivity (Wildman–Crippen MR) is 114 cm³/mol. The molecular formula is C20H29F4N3O6S. The molecule has 0 aromatic heterocycles. The van der Waals surface area contributed by atoms with E-state index in [4.69, 9.17) is 14.6 Å². The maximum absolute atomic E-state index is 13.2. The number of carbonyl (C=O) groups excluding carboxylic acids is 1. The van der Waals surface area contributed by atoms with Crippen LogP contribution in [0.3, 0.4) is 0 Å². The lowest BCUT2D eigenvalue weighted by Gasteiger charge is -2.30. The number of rotatable bonds is 9. The summed E-state index contributed by atoms with van der Waals surface area (Å²) in [5, 5.41) is 10.3. The van der Waals surface area contributed by atoms with Crippen molar-refractivity contribution in [3.8, 4) is 0 Å². The van der Waals surface area contributed by atoms with Gasteiger partial charge in [-0.3, -0.25) is 4.79 Å². The van der Waals surface area contributed by atoms with Gasteiger partial charge in [0, 0.05) is 39.3 Å². The van der Waals surface area contributed by atoms with Crippen molar-refractivity contribution in [3.05, 3.63) is 30.1 Å². The maximum Gasteiger partial charge on any atom is 0.490 e. The van der Waals surface area contributed by atoms with E-state index in [9.17, 15) is 30.8 Å². The number of hydrogen-bond donors (Lipinski definition) is 2. The normalized spacial score (nSPS) is 14.6. The van der Waals surface area contributed by atoms with Crippen molar-refractivity contribution >= 4 is 21.9 Å². The molecule has 1 aliphatic rings. The molecule has 1 aliphatic heterocycles. The van der Waals surface area contributed by atoms with Gasteiger partial charge in [0.25, 0.3) is 0 Å². The Labute approximate surface area is 195 Å². The molecule has 0 radical (unpaired) electrons. The summed E-state index contributed by atoms with van der Waals surface area (Å²) >= 11 is 0. The molecule has 0 bridgehead atoms. The number of ether oxygens (including phenoxy) is 1. The van der Waals surface area contributed by atoms with Gasteiger partial charge in [-0.2, -0.15) is 17.5 Å². The number of benzene rings is 1. The van der Waals surface area contributed by atoms with Crippen LogP contribution in [-0.4, -0.2) is 92.8 Å². The molecule has 9 nitrogen and oxygen atoms in total. The first-order valence-corrected chi connectivity index (χ1v) is 11.8. The molecule has 0 atom stereocenters. The second kappa shape index (κ2) is 13.6. The minimum Gasteiger partial charge on any atom is -0.475 e. The standard InChI is InChI=1S/C18H28FN3O4S.C2HF3O2/c1-15(2)26-13-3-10-22(14-18(23)21-11-8-20-9-12-21)27(24,25)17-6-4-16(19)5-7-17;3-2(4,5)1(6)7/h4-7,15,20H,3,8-14H2,1-2H3;(H,6,7). The molecule has 1 saturated heterocycles. The van der Waals surface area contributed by atoms with Crippen LogP contribution < -0.4 is 5.32 Å². The first-order chi connectivity index (χ1) is 15.7. The van der Waals surface area contributed by atoms with Crippen molar-refractivity contribution in [2.24, 2.45) is 0 Å². The lowest BCUT2D eigenvalue weighted by molar-refractivity contribution is -0.192. The Hall–Kier alpha value is -2.29. The largest absolute Gasteiger partial charge is 0.490 e. The third-order valence-corrected chi connectivity index (χ3v) is 6.34. The summed E-state index contributed by atoms with van der Waals surface area (Å²) in [6, 6.07) is 4.64. The zero-order valence-corrected chi connectivity index (χ0v) is 19.7. The molecule has 0 unspecified atom stereocenters. The highest BCUT2D eigenvalue weighted by Gasteiger charge is 2.38. The number of piperazine rings is 1. The second-order valence-electron chi connectivity index (χ2n) is 7.50. The van der Waals surface area contributed by atoms with Gasteiger partial charge in [0.2, 0.25) is 15.9 Å². The molecule has 34 heavy (non-hydrogen) atoms. The number of hydrogen-bond acceptors (Lipinski definition) is 6. The molecule has 1 aromatic rings. The van der Waals surface area contributed by atoms with E-state index in [0.29, 0.717) is 39.2 Å². The van der Waals surface area contributed by atoms with E-state index >= 15 is 0 Å². The third-order valence-electron chi connectivity index (χ3n) is 4.48. The van der Waals surface area contributed by atoms with Crippen molar-refractivity contribution in [1.29, 1.82) is 0 Å². The summed E-state index contributed by atoms with van der Waals surface area (Å²) in [7, 11) is -3.90. The van der Waals surface area contributed by atoms with Crippen LogP contribution in [0.1, 0.15) is 20.3 Å². The van der Waals surface area contributed by atoms with Crippen molar-refractivity contribution < 1.29 is 45.4 Å². The third kappa shape index (κ3) is 10.3. The van der Waals surface area contributed by atoms with Gasteiger partial charge < -0.3 is 20.1 Å². The highest BCUT2D eigenvalue weighted by atomic mass is 32.2. The SMILES string of the molecule is CC(C)OCCCN(CC(=O)N1CCNCC1)S(=O)(=O)c1ccc(F)cc1.O=C(O)C(F)(F)F. The molecule has 1 heterocycles. The molecule has 0 saturated carbocycles. The van der Waals surface area contributed by atoms with Crippen molar-refractivity contribution in [2.75, 3.05) is 45.9 Å². The number of aliphatic carboxylic acids is 1. The summed E-state index contributed by atoms with van der Waals surface area (Å²) in [6.07, 6.45) is -4.57. The predicted octanol–water partition coefficient (Wildman–Crippen LogP) is 1.70. The summed E-state index contributed by atoms with van der Waals surface area (Å²) in [5.74, 6) is -3.50. The first-order valence-electron chi connectivity index (χ1n) is 10.4. The molecule has 1 fully saturated rings. The number of nitrogens with one attached hydrogen (secondary N) is 1. The van der Waals surface area contributed by atoms with Crippen LogP contribution in [0.5, 0.6) is 0 Å². The molecule has 14 heteroatoms. The van der Waals surface area contributed by atoms with Gasteiger partial charge in [-0.15, -0.1) is 0 Å². The van der Waals surface area contributed by atoms with Gasteiger partial charge in [-0.25, -0.2) is 17.6 Å². The Balaban J connectivity index is 0.000000718. The zero-order chi connectivity index (χ0) is 25.9. The molecule has 194 valence electrons. The summed E-state index contributed by atoms with van der Waals surface area (Å²) in [5.41, 5.74) is 0. The van der Waals surface area contributed by atoms with E-state index in [1.165, 1.54) is 12.1 Å². The molecule has 1 aromatic carbocycles. The van der Waals surface area contributed by atoms with E-state index in [1.54, 1.807) is 4.90 Å². The van der Waals surface area contributed by atoms with Crippen LogP contribution >= 0.6 is 0 Å². The van der Waals surface area contributed by atoms with Crippen LogP contribution in [0.2, 0.25) is 0 Å². The zero-order valence-electron chi connectivity index (χ0n) is 18.8. The quantitative estimate of drug-likeness (QED) is 0.380. The molecule has 1 amide bonds. The number of amides is 1. The van der Waals surface area contributed by atoms with Gasteiger partial charge in [0.1, 0.15) is 5.82 Å². The molecule has 0 aliphatic carbocycles. The number of carboxylic acids is 1. The van der Waals surface area contributed by atoms with Gasteiger partial charge in [-0.1, -0.05) is 0 Å². The van der Waals surface area contributed by atoms with Crippen LogP contribution in [0.25, 0.3) is 0 Å². The summed E-state index contributed by atoms with van der Waals surface area (Å²) in [4.78, 5) is 23.1. The lowest BCUT2D eigenvalue weighted by Crippen LogP contribution is -2.50. The molecular weight excluding hydrogens is 486 g/mol. The van der Waals surface area contributed by atoms with Gasteiger partial charge in [-0.05, 0) is 44.5 Å². The van der Waals surface area contributed by atoms with Crippen molar-refractivity contribution in [3.63, 3.8) is 0 Å². The van der Waals surface area contributed by atoms with Crippen molar-refractivity contribution in [2.45, 2.75) is 37.4 Å².